The van der Waals surface area contributed by atoms with E-state index in [1.807, 2.05) is 31.2 Å². The van der Waals surface area contributed by atoms with Crippen molar-refractivity contribution in [2.45, 2.75) is 13.5 Å². The van der Waals surface area contributed by atoms with Crippen molar-refractivity contribution in [3.05, 3.63) is 59.4 Å². The van der Waals surface area contributed by atoms with E-state index in [0.29, 0.717) is 24.5 Å². The fraction of sp³-hybridized carbons (Fsp3) is 0.222. The number of nitrogens with zero attached hydrogens (tertiary/aromatic N) is 2. The van der Waals surface area contributed by atoms with Gasteiger partial charge in [-0.25, -0.2) is 9.59 Å². The van der Waals surface area contributed by atoms with Crippen LogP contribution in [0.1, 0.15) is 16.8 Å². The average molecular weight is 375 g/mol. The van der Waals surface area contributed by atoms with Crippen LogP contribution >= 0.6 is 0 Å². The number of aryl methyl sites for hydroxylation is 1. The lowest BCUT2D eigenvalue weighted by Crippen LogP contribution is -2.21. The smallest absolute Gasteiger partial charge is 0.414 e. The van der Waals surface area contributed by atoms with Gasteiger partial charge in [0.15, 0.2) is 0 Å². The fourth-order valence-corrected chi connectivity index (χ4v) is 1.83. The molecule has 0 aliphatic rings. The van der Waals surface area contributed by atoms with Crippen LogP contribution in [-0.4, -0.2) is 45.8 Å². The van der Waals surface area contributed by atoms with Crippen molar-refractivity contribution >= 4 is 11.9 Å². The molecule has 0 saturated heterocycles. The Hall–Kier alpha value is -3.48. The van der Waals surface area contributed by atoms with Gasteiger partial charge in [-0.15, -0.1) is 0 Å². The van der Waals surface area contributed by atoms with Crippen LogP contribution in [0, 0.1) is 18.3 Å². The second-order valence-electron chi connectivity index (χ2n) is 5.01. The number of aromatic nitrogens is 1. The van der Waals surface area contributed by atoms with E-state index in [1.54, 1.807) is 18.3 Å². The van der Waals surface area contributed by atoms with E-state index in [2.05, 4.69) is 16.4 Å². The second-order valence-corrected chi connectivity index (χ2v) is 5.01. The molecule has 0 atom stereocenters. The highest BCUT2D eigenvalue weighted by atomic mass is 16.5. The summed E-state index contributed by atoms with van der Waals surface area (Å²) in [6.45, 7) is 3.99. The van der Waals surface area contributed by atoms with Gasteiger partial charge in [0, 0.05) is 19.3 Å². The van der Waals surface area contributed by atoms with Crippen molar-refractivity contribution in [2.75, 3.05) is 13.2 Å². The van der Waals surface area contributed by atoms with E-state index in [0.717, 1.165) is 12.2 Å². The molecule has 144 valence electrons. The van der Waals surface area contributed by atoms with Crippen LogP contribution in [0.25, 0.3) is 0 Å². The summed E-state index contributed by atoms with van der Waals surface area (Å²) in [6, 6.07) is 13.3. The zero-order valence-electron chi connectivity index (χ0n) is 14.7. The SMILES string of the molecule is Cc1cccnc1CNCCOc1ccccc1C#N.O.O=C(O)C(=O)O. The van der Waals surface area contributed by atoms with Crippen molar-refractivity contribution in [3.63, 3.8) is 0 Å². The molecule has 0 bridgehead atoms. The molecule has 0 saturated carbocycles. The molecule has 2 aromatic rings. The van der Waals surface area contributed by atoms with Crippen LogP contribution in [0.4, 0.5) is 0 Å². The molecule has 0 spiro atoms. The molecule has 0 radical (unpaired) electrons. The molecule has 1 aromatic carbocycles. The third-order valence-corrected chi connectivity index (χ3v) is 3.14. The lowest BCUT2D eigenvalue weighted by molar-refractivity contribution is -0.159. The zero-order chi connectivity index (χ0) is 19.4. The number of carboxylic acids is 2. The van der Waals surface area contributed by atoms with Crippen LogP contribution in [0.2, 0.25) is 0 Å². The first-order valence-corrected chi connectivity index (χ1v) is 7.65. The Morgan fingerprint density at radius 1 is 1.19 bits per heavy atom. The van der Waals surface area contributed by atoms with E-state index >= 15 is 0 Å². The Labute approximate surface area is 156 Å². The summed E-state index contributed by atoms with van der Waals surface area (Å²) in [4.78, 5) is 22.5. The molecule has 9 heteroatoms. The summed E-state index contributed by atoms with van der Waals surface area (Å²) in [6.07, 6.45) is 1.80. The summed E-state index contributed by atoms with van der Waals surface area (Å²) < 4.78 is 5.59. The van der Waals surface area contributed by atoms with Crippen molar-refractivity contribution < 1.29 is 30.0 Å². The molecule has 5 N–H and O–H groups in total. The van der Waals surface area contributed by atoms with E-state index in [9.17, 15) is 0 Å². The lowest BCUT2D eigenvalue weighted by Gasteiger charge is -2.09. The zero-order valence-corrected chi connectivity index (χ0v) is 14.7. The first-order valence-electron chi connectivity index (χ1n) is 7.65. The minimum absolute atomic E-state index is 0. The van der Waals surface area contributed by atoms with Crippen LogP contribution in [0.5, 0.6) is 5.75 Å². The van der Waals surface area contributed by atoms with Crippen LogP contribution in [0.15, 0.2) is 42.6 Å². The van der Waals surface area contributed by atoms with E-state index in [4.69, 9.17) is 29.8 Å². The molecule has 0 unspecified atom stereocenters. The van der Waals surface area contributed by atoms with Gasteiger partial charge in [0.25, 0.3) is 0 Å². The number of rotatable bonds is 6. The molecule has 1 heterocycles. The molecule has 0 aliphatic carbocycles. The van der Waals surface area contributed by atoms with Gasteiger partial charge < -0.3 is 25.7 Å². The number of aliphatic carboxylic acids is 2. The number of carboxylic acid groups (broad SMARTS) is 2. The lowest BCUT2D eigenvalue weighted by atomic mass is 10.2. The molecule has 0 fully saturated rings. The molecule has 2 rings (SSSR count). The number of carbonyl (C=O) groups is 2. The Bertz CT molecular complexity index is 777. The second kappa shape index (κ2) is 12.8. The minimum atomic E-state index is -1.82. The van der Waals surface area contributed by atoms with Gasteiger partial charge in [-0.2, -0.15) is 5.26 Å². The normalized spacial score (nSPS) is 9.04. The van der Waals surface area contributed by atoms with Gasteiger partial charge >= 0.3 is 11.9 Å². The molecule has 0 aliphatic heterocycles. The number of nitriles is 1. The number of hydrogen-bond acceptors (Lipinski definition) is 6. The largest absolute Gasteiger partial charge is 0.491 e. The van der Waals surface area contributed by atoms with Crippen LogP contribution in [-0.2, 0) is 16.1 Å². The third kappa shape index (κ3) is 8.97. The topological polar surface area (TPSA) is 164 Å². The Balaban J connectivity index is 0.000000842. The van der Waals surface area contributed by atoms with Gasteiger partial charge in [-0.3, -0.25) is 4.98 Å². The van der Waals surface area contributed by atoms with Gasteiger partial charge in [0.1, 0.15) is 18.4 Å². The fourth-order valence-electron chi connectivity index (χ4n) is 1.83. The first kappa shape index (κ1) is 23.5. The van der Waals surface area contributed by atoms with Crippen LogP contribution < -0.4 is 10.1 Å². The monoisotopic (exact) mass is 375 g/mol. The van der Waals surface area contributed by atoms with Crippen molar-refractivity contribution in [1.82, 2.24) is 10.3 Å². The van der Waals surface area contributed by atoms with Gasteiger partial charge in [0.05, 0.1) is 11.3 Å². The molecule has 9 nitrogen and oxygen atoms in total. The van der Waals surface area contributed by atoms with Crippen molar-refractivity contribution in [2.24, 2.45) is 0 Å². The van der Waals surface area contributed by atoms with Crippen molar-refractivity contribution in [3.8, 4) is 11.8 Å². The molecule has 27 heavy (non-hydrogen) atoms. The predicted molar refractivity (Wildman–Crippen MR) is 96.2 cm³/mol. The van der Waals surface area contributed by atoms with Crippen molar-refractivity contribution in [1.29, 1.82) is 5.26 Å². The van der Waals surface area contributed by atoms with E-state index in [1.165, 1.54) is 5.56 Å². The maximum absolute atomic E-state index is 9.10. The minimum Gasteiger partial charge on any atom is -0.491 e. The van der Waals surface area contributed by atoms with Gasteiger partial charge in [-0.1, -0.05) is 18.2 Å². The molecule has 0 amide bonds. The summed E-state index contributed by atoms with van der Waals surface area (Å²) in [5, 5.41) is 27.0. The summed E-state index contributed by atoms with van der Waals surface area (Å²) in [7, 11) is 0. The molecular formula is C18H21N3O6. The maximum Gasteiger partial charge on any atom is 0.414 e. The summed E-state index contributed by atoms with van der Waals surface area (Å²) in [5.74, 6) is -3.02. The highest BCUT2D eigenvalue weighted by Gasteiger charge is 2.04. The highest BCUT2D eigenvalue weighted by Crippen LogP contribution is 2.15. The number of para-hydroxylation sites is 1. The number of nitrogens with one attached hydrogen (secondary N) is 1. The Kier molecular flexibility index (Phi) is 11.2. The summed E-state index contributed by atoms with van der Waals surface area (Å²) in [5.41, 5.74) is 2.79. The Morgan fingerprint density at radius 3 is 2.44 bits per heavy atom. The van der Waals surface area contributed by atoms with E-state index < -0.39 is 11.9 Å². The number of hydrogen-bond donors (Lipinski definition) is 3. The van der Waals surface area contributed by atoms with Gasteiger partial charge in [-0.05, 0) is 30.7 Å². The highest BCUT2D eigenvalue weighted by molar-refractivity contribution is 6.27. The molecule has 1 aromatic heterocycles. The number of benzene rings is 1. The molecular weight excluding hydrogens is 354 g/mol. The Morgan fingerprint density at radius 2 is 1.85 bits per heavy atom. The van der Waals surface area contributed by atoms with Gasteiger partial charge in [0.2, 0.25) is 0 Å². The van der Waals surface area contributed by atoms with Crippen LogP contribution in [0.3, 0.4) is 0 Å². The third-order valence-electron chi connectivity index (χ3n) is 3.14. The summed E-state index contributed by atoms with van der Waals surface area (Å²) >= 11 is 0. The maximum atomic E-state index is 9.10. The van der Waals surface area contributed by atoms with E-state index in [-0.39, 0.29) is 5.48 Å². The quantitative estimate of drug-likeness (QED) is 0.492. The standard InChI is InChI=1S/C16H17N3O.C2H2O4.H2O/c1-13-5-4-8-19-15(13)12-18-9-10-20-16-7-3-2-6-14(16)11-17;3-1(4)2(5)6;/h2-8,18H,9-10,12H2,1H3;(H,3,4)(H,5,6);1H2. The number of pyridine rings is 1. The number of ether oxygens (including phenoxy) is 1. The first-order chi connectivity index (χ1) is 12.5. The predicted octanol–water partition coefficient (Wildman–Crippen LogP) is 0.761. The average Bonchev–Trinajstić information content (AvgIpc) is 2.63.